The third-order valence-electron chi connectivity index (χ3n) is 2.12. The summed E-state index contributed by atoms with van der Waals surface area (Å²) in [4.78, 5) is 4.35. The van der Waals surface area contributed by atoms with Crippen LogP contribution in [0.1, 0.15) is 25.2 Å². The molecule has 3 nitrogen and oxygen atoms in total. The zero-order valence-electron chi connectivity index (χ0n) is 9.29. The number of hydrogen-bond acceptors (Lipinski definition) is 2. The lowest BCUT2D eigenvalue weighted by Crippen LogP contribution is -1.98. The molecule has 4 heteroatoms. The molecule has 0 saturated heterocycles. The van der Waals surface area contributed by atoms with E-state index in [2.05, 4.69) is 4.98 Å². The van der Waals surface area contributed by atoms with Crippen molar-refractivity contribution in [3.63, 3.8) is 0 Å². The Kier molecular flexibility index (Phi) is 4.12. The van der Waals surface area contributed by atoms with E-state index in [9.17, 15) is 0 Å². The van der Waals surface area contributed by atoms with Gasteiger partial charge in [0.15, 0.2) is 0 Å². The van der Waals surface area contributed by atoms with Crippen LogP contribution in [0.15, 0.2) is 18.3 Å². The van der Waals surface area contributed by atoms with Gasteiger partial charge in [-0.25, -0.2) is 4.98 Å². The highest BCUT2D eigenvalue weighted by atomic mass is 35.5. The van der Waals surface area contributed by atoms with Crippen molar-refractivity contribution in [3.8, 4) is 0 Å². The zero-order chi connectivity index (χ0) is 11.4. The Bertz CT molecular complexity index is 448. The first kappa shape index (κ1) is 12.0. The first-order valence-corrected chi connectivity index (χ1v) is 5.43. The number of imidazole rings is 1. The lowest BCUT2D eigenvalue weighted by molar-refractivity contribution is 0.982. The molecule has 2 aromatic heterocycles. The zero-order valence-corrected chi connectivity index (χ0v) is 10.0. The molecule has 0 aliphatic heterocycles. The summed E-state index contributed by atoms with van der Waals surface area (Å²) >= 11 is 5.84. The lowest BCUT2D eigenvalue weighted by Gasteiger charge is -1.95. The second-order valence-corrected chi connectivity index (χ2v) is 3.36. The van der Waals surface area contributed by atoms with Crippen LogP contribution >= 0.6 is 11.6 Å². The molecule has 82 valence electrons. The molecule has 0 aromatic carbocycles. The Hall–Kier alpha value is -1.06. The van der Waals surface area contributed by atoms with Gasteiger partial charge in [0.05, 0.1) is 5.69 Å². The SMILES string of the molecule is CC.Cc1c(CN)nc2cc(Cl)ccn12. The molecule has 15 heavy (non-hydrogen) atoms. The number of fused-ring (bicyclic) bond motifs is 1. The van der Waals surface area contributed by atoms with Gasteiger partial charge < -0.3 is 10.1 Å². The van der Waals surface area contributed by atoms with Crippen molar-refractivity contribution in [2.45, 2.75) is 27.3 Å². The first-order chi connectivity index (χ1) is 7.22. The molecule has 2 heterocycles. The molecule has 0 unspecified atom stereocenters. The first-order valence-electron chi connectivity index (χ1n) is 5.05. The van der Waals surface area contributed by atoms with Crippen LogP contribution in [0.2, 0.25) is 5.02 Å². The van der Waals surface area contributed by atoms with Gasteiger partial charge in [-0.1, -0.05) is 25.4 Å². The van der Waals surface area contributed by atoms with Crippen LogP contribution in [0.5, 0.6) is 0 Å². The number of aromatic nitrogens is 2. The third-order valence-corrected chi connectivity index (χ3v) is 2.35. The summed E-state index contributed by atoms with van der Waals surface area (Å²) in [5, 5.41) is 0.695. The molecule has 0 saturated carbocycles. The van der Waals surface area contributed by atoms with Crippen LogP contribution in [0, 0.1) is 6.92 Å². The van der Waals surface area contributed by atoms with E-state index in [0.29, 0.717) is 11.6 Å². The molecule has 0 bridgehead atoms. The molecule has 0 fully saturated rings. The largest absolute Gasteiger partial charge is 0.325 e. The molecule has 0 aliphatic rings. The molecule has 2 N–H and O–H groups in total. The van der Waals surface area contributed by atoms with Crippen LogP contribution in [0.4, 0.5) is 0 Å². The van der Waals surface area contributed by atoms with Crippen molar-refractivity contribution in [3.05, 3.63) is 34.7 Å². The Morgan fingerprint density at radius 2 is 2.13 bits per heavy atom. The number of hydrogen-bond donors (Lipinski definition) is 1. The maximum absolute atomic E-state index is 5.84. The van der Waals surface area contributed by atoms with Crippen LogP contribution in [-0.2, 0) is 6.54 Å². The van der Waals surface area contributed by atoms with Crippen molar-refractivity contribution >= 4 is 17.2 Å². The smallest absolute Gasteiger partial charge is 0.138 e. The molecule has 0 amide bonds. The molecule has 2 aromatic rings. The summed E-state index contributed by atoms with van der Waals surface area (Å²) < 4.78 is 1.98. The number of aryl methyl sites for hydroxylation is 1. The quantitative estimate of drug-likeness (QED) is 0.811. The Morgan fingerprint density at radius 1 is 1.47 bits per heavy atom. The molecule has 0 spiro atoms. The fourth-order valence-corrected chi connectivity index (χ4v) is 1.54. The van der Waals surface area contributed by atoms with E-state index in [1.165, 1.54) is 0 Å². The van der Waals surface area contributed by atoms with Crippen molar-refractivity contribution in [2.24, 2.45) is 5.73 Å². The molecule has 0 aliphatic carbocycles. The Labute approximate surface area is 94.9 Å². The second kappa shape index (κ2) is 5.14. The van der Waals surface area contributed by atoms with E-state index in [0.717, 1.165) is 17.0 Å². The predicted octanol–water partition coefficient (Wildman–Crippen LogP) is 2.78. The van der Waals surface area contributed by atoms with Crippen molar-refractivity contribution in [2.75, 3.05) is 0 Å². The van der Waals surface area contributed by atoms with Crippen molar-refractivity contribution in [1.82, 2.24) is 9.38 Å². The second-order valence-electron chi connectivity index (χ2n) is 2.92. The van der Waals surface area contributed by atoms with Gasteiger partial charge >= 0.3 is 0 Å². The average Bonchev–Trinajstić information content (AvgIpc) is 2.58. The van der Waals surface area contributed by atoms with Crippen LogP contribution < -0.4 is 5.73 Å². The number of nitrogens with zero attached hydrogens (tertiary/aromatic N) is 2. The number of nitrogens with two attached hydrogens (primary N) is 1. The van der Waals surface area contributed by atoms with Gasteiger partial charge in [0.25, 0.3) is 0 Å². The van der Waals surface area contributed by atoms with Gasteiger partial charge in [-0.2, -0.15) is 0 Å². The highest BCUT2D eigenvalue weighted by molar-refractivity contribution is 6.30. The Morgan fingerprint density at radius 3 is 2.73 bits per heavy atom. The summed E-state index contributed by atoms with van der Waals surface area (Å²) in [6, 6.07) is 3.66. The van der Waals surface area contributed by atoms with Gasteiger partial charge in [-0.15, -0.1) is 0 Å². The summed E-state index contributed by atoms with van der Waals surface area (Å²) in [5.41, 5.74) is 8.39. The highest BCUT2D eigenvalue weighted by Crippen LogP contribution is 2.15. The standard InChI is InChI=1S/C9H10ClN3.C2H6/c1-6-8(5-11)12-9-4-7(10)2-3-13(6)9;1-2/h2-4H,5,11H2,1H3;1-2H3. The van der Waals surface area contributed by atoms with Crippen LogP contribution in [-0.4, -0.2) is 9.38 Å². The highest BCUT2D eigenvalue weighted by Gasteiger charge is 2.05. The van der Waals surface area contributed by atoms with Gasteiger partial charge in [0, 0.05) is 29.5 Å². The molecule has 0 atom stereocenters. The van der Waals surface area contributed by atoms with E-state index in [1.54, 1.807) is 0 Å². The maximum Gasteiger partial charge on any atom is 0.138 e. The fourth-order valence-electron chi connectivity index (χ4n) is 1.38. The molecule has 0 radical (unpaired) electrons. The maximum atomic E-state index is 5.84. The monoisotopic (exact) mass is 225 g/mol. The van der Waals surface area contributed by atoms with E-state index >= 15 is 0 Å². The van der Waals surface area contributed by atoms with Gasteiger partial charge in [0.2, 0.25) is 0 Å². The van der Waals surface area contributed by atoms with E-state index in [-0.39, 0.29) is 0 Å². The summed E-state index contributed by atoms with van der Waals surface area (Å²) in [6.07, 6.45) is 1.90. The minimum atomic E-state index is 0.463. The summed E-state index contributed by atoms with van der Waals surface area (Å²) in [7, 11) is 0. The normalized spacial score (nSPS) is 9.93. The van der Waals surface area contributed by atoms with Crippen LogP contribution in [0.25, 0.3) is 5.65 Å². The van der Waals surface area contributed by atoms with Crippen molar-refractivity contribution in [1.29, 1.82) is 0 Å². The topological polar surface area (TPSA) is 43.3 Å². The van der Waals surface area contributed by atoms with E-state index in [1.807, 2.05) is 43.5 Å². The number of rotatable bonds is 1. The number of halogens is 1. The molecular weight excluding hydrogens is 210 g/mol. The summed E-state index contributed by atoms with van der Waals surface area (Å²) in [5.74, 6) is 0. The van der Waals surface area contributed by atoms with Crippen molar-refractivity contribution < 1.29 is 0 Å². The predicted molar refractivity (Wildman–Crippen MR) is 64.2 cm³/mol. The average molecular weight is 226 g/mol. The Balaban J connectivity index is 0.000000531. The summed E-state index contributed by atoms with van der Waals surface area (Å²) in [6.45, 7) is 6.46. The third kappa shape index (κ3) is 2.30. The fraction of sp³-hybridized carbons (Fsp3) is 0.364. The van der Waals surface area contributed by atoms with Gasteiger partial charge in [-0.05, 0) is 13.0 Å². The minimum absolute atomic E-state index is 0.463. The van der Waals surface area contributed by atoms with Gasteiger partial charge in [-0.3, -0.25) is 0 Å². The van der Waals surface area contributed by atoms with Crippen LogP contribution in [0.3, 0.4) is 0 Å². The van der Waals surface area contributed by atoms with Gasteiger partial charge in [0.1, 0.15) is 5.65 Å². The van der Waals surface area contributed by atoms with E-state index < -0.39 is 0 Å². The molecule has 2 rings (SSSR count). The number of pyridine rings is 1. The van der Waals surface area contributed by atoms with E-state index in [4.69, 9.17) is 17.3 Å². The minimum Gasteiger partial charge on any atom is -0.325 e. The molecular formula is C11H16ClN3. The lowest BCUT2D eigenvalue weighted by atomic mass is 10.3.